The molecule has 1 spiro atoms. The number of carboxylic acid groups (broad SMARTS) is 1. The van der Waals surface area contributed by atoms with Crippen molar-refractivity contribution in [2.45, 2.75) is 37.0 Å². The summed E-state index contributed by atoms with van der Waals surface area (Å²) in [6.45, 7) is 0.600. The molecular formula is C15H19NO4S. The number of fused-ring (bicyclic) bond motifs is 1. The molecule has 2 N–H and O–H groups in total. The van der Waals surface area contributed by atoms with Gasteiger partial charge in [-0.3, -0.25) is 0 Å². The van der Waals surface area contributed by atoms with Crippen molar-refractivity contribution in [2.75, 3.05) is 17.6 Å². The molecule has 1 heterocycles. The quantitative estimate of drug-likeness (QED) is 0.833. The molecule has 1 aliphatic heterocycles. The summed E-state index contributed by atoms with van der Waals surface area (Å²) in [7, 11) is -3.61. The lowest BCUT2D eigenvalue weighted by atomic mass is 9.75. The minimum atomic E-state index is -3.61. The van der Waals surface area contributed by atoms with Crippen LogP contribution in [-0.4, -0.2) is 31.8 Å². The summed E-state index contributed by atoms with van der Waals surface area (Å²) < 4.78 is 25.6. The number of nitrogens with one attached hydrogen (secondary N) is 1. The van der Waals surface area contributed by atoms with Gasteiger partial charge in [0.1, 0.15) is 4.90 Å². The maximum atomic E-state index is 12.8. The van der Waals surface area contributed by atoms with Gasteiger partial charge in [-0.15, -0.1) is 0 Å². The van der Waals surface area contributed by atoms with Gasteiger partial charge >= 0.3 is 5.97 Å². The molecule has 1 fully saturated rings. The van der Waals surface area contributed by atoms with Crippen LogP contribution in [0.25, 0.3) is 0 Å². The average molecular weight is 309 g/mol. The highest BCUT2D eigenvalue weighted by Gasteiger charge is 2.41. The summed E-state index contributed by atoms with van der Waals surface area (Å²) >= 11 is 0. The van der Waals surface area contributed by atoms with Gasteiger partial charge in [0.25, 0.3) is 0 Å². The van der Waals surface area contributed by atoms with E-state index < -0.39 is 15.8 Å². The molecule has 1 aromatic carbocycles. The predicted octanol–water partition coefficient (Wildman–Crippen LogP) is 2.53. The Hall–Kier alpha value is -1.56. The highest BCUT2D eigenvalue weighted by Crippen LogP contribution is 2.43. The van der Waals surface area contributed by atoms with Crippen molar-refractivity contribution in [3.63, 3.8) is 0 Å². The summed E-state index contributed by atoms with van der Waals surface area (Å²) in [5.74, 6) is -1.15. The molecule has 2 aliphatic rings. The average Bonchev–Trinajstić information content (AvgIpc) is 2.55. The Labute approximate surface area is 124 Å². The smallest absolute Gasteiger partial charge is 0.337 e. The molecule has 1 aromatic rings. The zero-order valence-corrected chi connectivity index (χ0v) is 12.6. The molecule has 0 saturated heterocycles. The lowest BCUT2D eigenvalue weighted by molar-refractivity contribution is 0.0692. The minimum absolute atomic E-state index is 0.0417. The van der Waals surface area contributed by atoms with Gasteiger partial charge in [-0.05, 0) is 25.0 Å². The van der Waals surface area contributed by atoms with E-state index >= 15 is 0 Å². The summed E-state index contributed by atoms with van der Waals surface area (Å²) in [6.07, 6.45) is 5.00. The Kier molecular flexibility index (Phi) is 3.43. The number of sulfone groups is 1. The normalized spacial score (nSPS) is 22.9. The highest BCUT2D eigenvalue weighted by atomic mass is 32.2. The third kappa shape index (κ3) is 2.52. The molecule has 3 rings (SSSR count). The zero-order valence-electron chi connectivity index (χ0n) is 11.8. The van der Waals surface area contributed by atoms with Crippen molar-refractivity contribution in [2.24, 2.45) is 5.41 Å². The second-order valence-electron chi connectivity index (χ2n) is 6.16. The van der Waals surface area contributed by atoms with Crippen LogP contribution in [0.4, 0.5) is 5.69 Å². The van der Waals surface area contributed by atoms with Crippen molar-refractivity contribution in [1.82, 2.24) is 0 Å². The Balaban J connectivity index is 2.11. The first kappa shape index (κ1) is 14.4. The van der Waals surface area contributed by atoms with Crippen LogP contribution in [0.5, 0.6) is 0 Å². The van der Waals surface area contributed by atoms with E-state index in [9.17, 15) is 18.3 Å². The van der Waals surface area contributed by atoms with Gasteiger partial charge in [0.15, 0.2) is 9.84 Å². The van der Waals surface area contributed by atoms with E-state index in [4.69, 9.17) is 0 Å². The van der Waals surface area contributed by atoms with Crippen LogP contribution in [0, 0.1) is 5.41 Å². The molecule has 114 valence electrons. The van der Waals surface area contributed by atoms with Crippen molar-refractivity contribution in [3.05, 3.63) is 23.8 Å². The van der Waals surface area contributed by atoms with E-state index in [0.29, 0.717) is 12.2 Å². The second kappa shape index (κ2) is 5.02. The Morgan fingerprint density at radius 2 is 1.90 bits per heavy atom. The van der Waals surface area contributed by atoms with Gasteiger partial charge < -0.3 is 10.4 Å². The fourth-order valence-corrected chi connectivity index (χ4v) is 5.92. The van der Waals surface area contributed by atoms with Gasteiger partial charge in [0.2, 0.25) is 0 Å². The van der Waals surface area contributed by atoms with Crippen LogP contribution in [0.15, 0.2) is 23.1 Å². The number of hydrogen-bond donors (Lipinski definition) is 2. The SMILES string of the molecule is O=C(O)c1cccc2c1S(=O)(=O)CC1(CCCCC1)CN2. The van der Waals surface area contributed by atoms with E-state index in [0.717, 1.165) is 32.1 Å². The van der Waals surface area contributed by atoms with Crippen LogP contribution >= 0.6 is 0 Å². The molecule has 5 nitrogen and oxygen atoms in total. The van der Waals surface area contributed by atoms with Crippen molar-refractivity contribution in [3.8, 4) is 0 Å². The lowest BCUT2D eigenvalue weighted by Gasteiger charge is -2.35. The monoisotopic (exact) mass is 309 g/mol. The molecule has 0 unspecified atom stereocenters. The van der Waals surface area contributed by atoms with E-state index in [-0.39, 0.29) is 21.6 Å². The fraction of sp³-hybridized carbons (Fsp3) is 0.533. The molecule has 0 aromatic heterocycles. The summed E-state index contributed by atoms with van der Waals surface area (Å²) in [6, 6.07) is 4.60. The topological polar surface area (TPSA) is 83.5 Å². The fourth-order valence-electron chi connectivity index (χ4n) is 3.61. The van der Waals surface area contributed by atoms with E-state index in [1.54, 1.807) is 12.1 Å². The van der Waals surface area contributed by atoms with Crippen LogP contribution in [0.3, 0.4) is 0 Å². The zero-order chi connectivity index (χ0) is 15.1. The van der Waals surface area contributed by atoms with Crippen LogP contribution in [-0.2, 0) is 9.84 Å². The largest absolute Gasteiger partial charge is 0.478 e. The predicted molar refractivity (Wildman–Crippen MR) is 79.5 cm³/mol. The van der Waals surface area contributed by atoms with Crippen molar-refractivity contribution < 1.29 is 18.3 Å². The highest BCUT2D eigenvalue weighted by molar-refractivity contribution is 7.91. The maximum absolute atomic E-state index is 12.8. The molecule has 0 bridgehead atoms. The number of aromatic carboxylic acids is 1. The minimum Gasteiger partial charge on any atom is -0.478 e. The third-order valence-corrected chi connectivity index (χ3v) is 6.67. The molecule has 0 atom stereocenters. The van der Waals surface area contributed by atoms with Crippen LogP contribution in [0.2, 0.25) is 0 Å². The number of benzene rings is 1. The number of carbonyl (C=O) groups is 1. The molecule has 21 heavy (non-hydrogen) atoms. The van der Waals surface area contributed by atoms with Gasteiger partial charge in [0.05, 0.1) is 17.0 Å². The molecular weight excluding hydrogens is 290 g/mol. The number of hydrogen-bond acceptors (Lipinski definition) is 4. The molecule has 1 aliphatic carbocycles. The number of carboxylic acids is 1. The van der Waals surface area contributed by atoms with Gasteiger partial charge in [-0.25, -0.2) is 13.2 Å². The first-order chi connectivity index (χ1) is 9.94. The maximum Gasteiger partial charge on any atom is 0.337 e. The summed E-state index contributed by atoms with van der Waals surface area (Å²) in [5, 5.41) is 12.5. The molecule has 0 radical (unpaired) electrons. The van der Waals surface area contributed by atoms with E-state index in [1.165, 1.54) is 6.07 Å². The van der Waals surface area contributed by atoms with E-state index in [1.807, 2.05) is 0 Å². The Morgan fingerprint density at radius 3 is 2.57 bits per heavy atom. The third-order valence-electron chi connectivity index (χ3n) is 4.62. The Morgan fingerprint density at radius 1 is 1.19 bits per heavy atom. The molecule has 6 heteroatoms. The number of rotatable bonds is 1. The van der Waals surface area contributed by atoms with Gasteiger partial charge in [-0.2, -0.15) is 0 Å². The first-order valence-corrected chi connectivity index (χ1v) is 8.92. The van der Waals surface area contributed by atoms with Crippen LogP contribution < -0.4 is 5.32 Å². The lowest BCUT2D eigenvalue weighted by Crippen LogP contribution is -2.36. The van der Waals surface area contributed by atoms with Crippen LogP contribution in [0.1, 0.15) is 42.5 Å². The number of anilines is 1. The summed E-state index contributed by atoms with van der Waals surface area (Å²) in [5.41, 5.74) is 0.0384. The second-order valence-corrected chi connectivity index (χ2v) is 8.09. The van der Waals surface area contributed by atoms with Gasteiger partial charge in [0, 0.05) is 12.0 Å². The standard InChI is InChI=1S/C15H19NO4S/c17-14(18)11-5-4-6-12-13(11)21(19,20)10-15(9-16-12)7-2-1-3-8-15/h4-6,16H,1-3,7-10H2,(H,17,18). The van der Waals surface area contributed by atoms with Crippen molar-refractivity contribution in [1.29, 1.82) is 0 Å². The first-order valence-electron chi connectivity index (χ1n) is 7.27. The van der Waals surface area contributed by atoms with E-state index in [2.05, 4.69) is 5.32 Å². The summed E-state index contributed by atoms with van der Waals surface area (Å²) in [4.78, 5) is 11.3. The molecule has 1 saturated carbocycles. The molecule has 0 amide bonds. The van der Waals surface area contributed by atoms with Gasteiger partial charge in [-0.1, -0.05) is 25.3 Å². The van der Waals surface area contributed by atoms with Crippen molar-refractivity contribution >= 4 is 21.5 Å². The Bertz CT molecular complexity index is 675.